The fourth-order valence-corrected chi connectivity index (χ4v) is 3.10. The molecule has 98 valence electrons. The zero-order chi connectivity index (χ0) is 13.7. The Bertz CT molecular complexity index is 712. The summed E-state index contributed by atoms with van der Waals surface area (Å²) in [4.78, 5) is 4.26. The van der Waals surface area contributed by atoms with Crippen LogP contribution in [0.15, 0.2) is 41.6 Å². The molecule has 0 aliphatic rings. The van der Waals surface area contributed by atoms with Crippen molar-refractivity contribution in [1.29, 1.82) is 0 Å². The third-order valence-electron chi connectivity index (χ3n) is 2.72. The molecule has 1 aromatic carbocycles. The van der Waals surface area contributed by atoms with Crippen LogP contribution in [0, 0.1) is 12.3 Å². The Labute approximate surface area is 112 Å². The van der Waals surface area contributed by atoms with Crippen molar-refractivity contribution in [2.45, 2.75) is 17.7 Å². The number of hydrogen-bond donors (Lipinski definition) is 1. The highest BCUT2D eigenvalue weighted by molar-refractivity contribution is 7.89. The topological polar surface area (TPSA) is 59.1 Å². The maximum atomic E-state index is 12.2. The third kappa shape index (κ3) is 3.11. The van der Waals surface area contributed by atoms with Crippen molar-refractivity contribution in [1.82, 2.24) is 9.71 Å². The maximum Gasteiger partial charge on any atom is 0.241 e. The number of hydrogen-bond acceptors (Lipinski definition) is 3. The molecule has 0 fully saturated rings. The van der Waals surface area contributed by atoms with Gasteiger partial charge < -0.3 is 0 Å². The second kappa shape index (κ2) is 5.83. The Morgan fingerprint density at radius 3 is 2.95 bits per heavy atom. The van der Waals surface area contributed by atoms with Crippen molar-refractivity contribution in [3.8, 4) is 12.3 Å². The van der Waals surface area contributed by atoms with E-state index in [0.717, 1.165) is 5.39 Å². The molecule has 0 bridgehead atoms. The molecule has 5 heteroatoms. The van der Waals surface area contributed by atoms with Crippen LogP contribution < -0.4 is 4.72 Å². The van der Waals surface area contributed by atoms with Crippen molar-refractivity contribution < 1.29 is 8.42 Å². The minimum absolute atomic E-state index is 0.271. The molecule has 0 spiro atoms. The van der Waals surface area contributed by atoms with Crippen LogP contribution in [0.4, 0.5) is 0 Å². The molecule has 2 rings (SSSR count). The summed E-state index contributed by atoms with van der Waals surface area (Å²) in [7, 11) is -3.51. The number of sulfonamides is 1. The highest BCUT2D eigenvalue weighted by atomic mass is 32.2. The zero-order valence-electron chi connectivity index (χ0n) is 10.3. The number of pyridine rings is 1. The fraction of sp³-hybridized carbons (Fsp3) is 0.214. The number of unbranched alkanes of at least 4 members (excludes halogenated alkanes) is 1. The van der Waals surface area contributed by atoms with Crippen molar-refractivity contribution in [2.75, 3.05) is 6.54 Å². The lowest BCUT2D eigenvalue weighted by Gasteiger charge is -2.08. The van der Waals surface area contributed by atoms with Crippen molar-refractivity contribution in [2.24, 2.45) is 0 Å². The van der Waals surface area contributed by atoms with Gasteiger partial charge in [0.05, 0.1) is 4.90 Å². The quantitative estimate of drug-likeness (QED) is 0.669. The predicted octanol–water partition coefficient (Wildman–Crippen LogP) is 1.93. The van der Waals surface area contributed by atoms with E-state index in [4.69, 9.17) is 6.42 Å². The Morgan fingerprint density at radius 2 is 2.16 bits per heavy atom. The zero-order valence-corrected chi connectivity index (χ0v) is 11.2. The standard InChI is InChI=1S/C14H14N2O2S/c1-2-3-4-9-16-19(17,18)14-7-5-6-12-11-15-10-8-13(12)14/h1,5-8,10-11,16H,3-4,9H2. The Hall–Kier alpha value is -1.90. The Balaban J connectivity index is 2.31. The number of terminal acetylenes is 1. The SMILES string of the molecule is C#CCCCNS(=O)(=O)c1cccc2cnccc12. The highest BCUT2D eigenvalue weighted by Gasteiger charge is 2.16. The van der Waals surface area contributed by atoms with E-state index >= 15 is 0 Å². The minimum Gasteiger partial charge on any atom is -0.264 e. The lowest BCUT2D eigenvalue weighted by molar-refractivity contribution is 0.580. The number of nitrogens with zero attached hydrogens (tertiary/aromatic N) is 1. The first-order valence-electron chi connectivity index (χ1n) is 5.91. The monoisotopic (exact) mass is 274 g/mol. The van der Waals surface area contributed by atoms with Crippen LogP contribution in [0.5, 0.6) is 0 Å². The number of rotatable bonds is 5. The van der Waals surface area contributed by atoms with E-state index < -0.39 is 10.0 Å². The van der Waals surface area contributed by atoms with E-state index in [-0.39, 0.29) is 4.90 Å². The van der Waals surface area contributed by atoms with Crippen LogP contribution in [0.3, 0.4) is 0 Å². The van der Waals surface area contributed by atoms with Crippen LogP contribution in [0.25, 0.3) is 10.8 Å². The maximum absolute atomic E-state index is 12.2. The molecule has 4 nitrogen and oxygen atoms in total. The molecule has 19 heavy (non-hydrogen) atoms. The lowest BCUT2D eigenvalue weighted by atomic mass is 10.2. The van der Waals surface area contributed by atoms with Gasteiger partial charge in [0.15, 0.2) is 0 Å². The molecule has 0 saturated carbocycles. The molecule has 0 atom stereocenters. The Kier molecular flexibility index (Phi) is 4.15. The van der Waals surface area contributed by atoms with E-state index in [1.165, 1.54) is 0 Å². The van der Waals surface area contributed by atoms with E-state index in [9.17, 15) is 8.42 Å². The number of aromatic nitrogens is 1. The molecular formula is C14H14N2O2S. The van der Waals surface area contributed by atoms with Gasteiger partial charge in [0.1, 0.15) is 0 Å². The molecule has 2 aromatic rings. The second-order valence-corrected chi connectivity index (χ2v) is 5.79. The molecule has 1 aromatic heterocycles. The van der Waals surface area contributed by atoms with Crippen LogP contribution >= 0.6 is 0 Å². The van der Waals surface area contributed by atoms with Gasteiger partial charge in [0.2, 0.25) is 10.0 Å². The Morgan fingerprint density at radius 1 is 1.32 bits per heavy atom. The van der Waals surface area contributed by atoms with Gasteiger partial charge in [-0.25, -0.2) is 13.1 Å². The summed E-state index contributed by atoms with van der Waals surface area (Å²) >= 11 is 0. The molecule has 1 N–H and O–H groups in total. The summed E-state index contributed by atoms with van der Waals surface area (Å²) in [5.41, 5.74) is 0. The van der Waals surface area contributed by atoms with Gasteiger partial charge >= 0.3 is 0 Å². The fourth-order valence-electron chi connectivity index (χ4n) is 1.80. The van der Waals surface area contributed by atoms with Crippen LogP contribution in [0.1, 0.15) is 12.8 Å². The van der Waals surface area contributed by atoms with Crippen LogP contribution in [0.2, 0.25) is 0 Å². The van der Waals surface area contributed by atoms with Crippen LogP contribution in [-0.2, 0) is 10.0 Å². The largest absolute Gasteiger partial charge is 0.264 e. The molecule has 0 aliphatic heterocycles. The number of nitrogens with one attached hydrogen (secondary N) is 1. The molecule has 0 aliphatic carbocycles. The number of benzene rings is 1. The summed E-state index contributed by atoms with van der Waals surface area (Å²) < 4.78 is 27.0. The van der Waals surface area contributed by atoms with E-state index in [1.807, 2.05) is 6.07 Å². The first-order chi connectivity index (χ1) is 9.15. The van der Waals surface area contributed by atoms with Gasteiger partial charge in [-0.1, -0.05) is 12.1 Å². The van der Waals surface area contributed by atoms with Crippen molar-refractivity contribution in [3.63, 3.8) is 0 Å². The predicted molar refractivity (Wildman–Crippen MR) is 75.0 cm³/mol. The van der Waals surface area contributed by atoms with Crippen molar-refractivity contribution >= 4 is 20.8 Å². The van der Waals surface area contributed by atoms with Gasteiger partial charge in [-0.05, 0) is 18.6 Å². The molecule has 0 amide bonds. The molecule has 0 radical (unpaired) electrons. The molecule has 1 heterocycles. The van der Waals surface area contributed by atoms with Gasteiger partial charge in [-0.3, -0.25) is 4.98 Å². The van der Waals surface area contributed by atoms with E-state index in [1.54, 1.807) is 30.6 Å². The molecule has 0 unspecified atom stereocenters. The highest BCUT2D eigenvalue weighted by Crippen LogP contribution is 2.21. The molecular weight excluding hydrogens is 260 g/mol. The minimum atomic E-state index is -3.51. The van der Waals surface area contributed by atoms with Crippen LogP contribution in [-0.4, -0.2) is 19.9 Å². The summed E-state index contributed by atoms with van der Waals surface area (Å²) in [6, 6.07) is 6.83. The second-order valence-electron chi connectivity index (χ2n) is 4.06. The summed E-state index contributed by atoms with van der Waals surface area (Å²) in [5, 5.41) is 1.47. The summed E-state index contributed by atoms with van der Waals surface area (Å²) in [5.74, 6) is 2.48. The van der Waals surface area contributed by atoms with Gasteiger partial charge in [-0.15, -0.1) is 12.3 Å². The first kappa shape index (κ1) is 13.5. The molecule has 0 saturated heterocycles. The summed E-state index contributed by atoms with van der Waals surface area (Å²) in [6.45, 7) is 0.341. The third-order valence-corrected chi connectivity index (χ3v) is 4.24. The van der Waals surface area contributed by atoms with Gasteiger partial charge in [0.25, 0.3) is 0 Å². The average Bonchev–Trinajstić information content (AvgIpc) is 2.43. The van der Waals surface area contributed by atoms with Gasteiger partial charge in [0, 0.05) is 36.1 Å². The first-order valence-corrected chi connectivity index (χ1v) is 7.39. The normalized spacial score (nSPS) is 11.3. The van der Waals surface area contributed by atoms with Crippen molar-refractivity contribution in [3.05, 3.63) is 36.7 Å². The van der Waals surface area contributed by atoms with Gasteiger partial charge in [-0.2, -0.15) is 0 Å². The van der Waals surface area contributed by atoms with E-state index in [0.29, 0.717) is 24.8 Å². The summed E-state index contributed by atoms with van der Waals surface area (Å²) in [6.07, 6.45) is 9.54. The smallest absolute Gasteiger partial charge is 0.241 e. The van der Waals surface area contributed by atoms with E-state index in [2.05, 4.69) is 15.6 Å². The number of fused-ring (bicyclic) bond motifs is 1. The average molecular weight is 274 g/mol. The lowest BCUT2D eigenvalue weighted by Crippen LogP contribution is -2.24.